The number of piperazine rings is 1. The minimum Gasteiger partial charge on any atom is -0.408 e. The molecule has 0 N–H and O–H groups in total. The summed E-state index contributed by atoms with van der Waals surface area (Å²) in [4.78, 5) is 28.5. The normalized spacial score (nSPS) is 15.0. The van der Waals surface area contributed by atoms with E-state index in [2.05, 4.69) is 9.80 Å². The van der Waals surface area contributed by atoms with Crippen LogP contribution in [0.15, 0.2) is 45.6 Å². The van der Waals surface area contributed by atoms with Crippen LogP contribution in [0.1, 0.15) is 30.1 Å². The van der Waals surface area contributed by atoms with Crippen molar-refractivity contribution in [2.24, 2.45) is 0 Å². The van der Waals surface area contributed by atoms with Crippen molar-refractivity contribution in [2.45, 2.75) is 26.3 Å². The summed E-state index contributed by atoms with van der Waals surface area (Å²) in [5.41, 5.74) is 2.75. The minimum atomic E-state index is -0.372. The molecule has 2 aromatic carbocycles. The third kappa shape index (κ3) is 4.81. The third-order valence-electron chi connectivity index (χ3n) is 5.83. The van der Waals surface area contributed by atoms with E-state index in [0.29, 0.717) is 27.7 Å². The number of oxazole rings is 1. The molecule has 0 bridgehead atoms. The number of rotatable bonds is 7. The molecule has 0 radical (unpaired) electrons. The summed E-state index contributed by atoms with van der Waals surface area (Å²) in [5.74, 6) is -0.419. The number of unbranched alkanes of at least 4 members (excludes halogenated alkanes) is 1. The average Bonchev–Trinajstić information content (AvgIpc) is 3.08. The molecule has 1 aromatic heterocycles. The Hall–Kier alpha value is -2.28. The molecule has 3 aromatic rings. The molecule has 31 heavy (non-hydrogen) atoms. The number of fused-ring (bicyclic) bond motifs is 1. The fourth-order valence-electron chi connectivity index (χ4n) is 4.05. The number of Topliss-reactive ketones (excluding diaryl/α,β-unsaturated/α-hetero) is 1. The van der Waals surface area contributed by atoms with Gasteiger partial charge < -0.3 is 9.32 Å². The number of benzene rings is 2. The van der Waals surface area contributed by atoms with Crippen LogP contribution in [0.3, 0.4) is 0 Å². The number of hydrogen-bond donors (Lipinski definition) is 0. The molecule has 0 unspecified atom stereocenters. The van der Waals surface area contributed by atoms with Gasteiger partial charge in [-0.05, 0) is 56.6 Å². The van der Waals surface area contributed by atoms with Gasteiger partial charge in [-0.1, -0.05) is 29.3 Å². The van der Waals surface area contributed by atoms with Gasteiger partial charge in [-0.25, -0.2) is 4.79 Å². The number of anilines is 1. The van der Waals surface area contributed by atoms with E-state index >= 15 is 0 Å². The topological polar surface area (TPSA) is 58.7 Å². The second-order valence-corrected chi connectivity index (χ2v) is 8.65. The van der Waals surface area contributed by atoms with Crippen molar-refractivity contribution in [3.05, 3.63) is 62.6 Å². The monoisotopic (exact) mass is 461 g/mol. The Labute approximate surface area is 190 Å². The van der Waals surface area contributed by atoms with E-state index < -0.39 is 0 Å². The molecule has 6 nitrogen and oxygen atoms in total. The first-order valence-corrected chi connectivity index (χ1v) is 11.3. The van der Waals surface area contributed by atoms with Crippen LogP contribution >= 0.6 is 23.2 Å². The molecule has 4 rings (SSSR count). The maximum absolute atomic E-state index is 12.2. The molecular formula is C23H25Cl2N3O3. The fraction of sp³-hybridized carbons (Fsp3) is 0.391. The highest BCUT2D eigenvalue weighted by atomic mass is 35.5. The Bertz CT molecular complexity index is 1150. The molecule has 1 aliphatic heterocycles. The first-order valence-electron chi connectivity index (χ1n) is 10.5. The highest BCUT2D eigenvalue weighted by Crippen LogP contribution is 2.32. The number of hydrogen-bond acceptors (Lipinski definition) is 5. The fourth-order valence-corrected chi connectivity index (χ4v) is 4.47. The smallest absolute Gasteiger partial charge is 0.408 e. The van der Waals surface area contributed by atoms with Crippen molar-refractivity contribution in [2.75, 3.05) is 37.6 Å². The summed E-state index contributed by atoms with van der Waals surface area (Å²) in [5, 5.41) is 1.20. The van der Waals surface area contributed by atoms with Gasteiger partial charge in [0.1, 0.15) is 0 Å². The van der Waals surface area contributed by atoms with Gasteiger partial charge in [-0.2, -0.15) is 0 Å². The maximum atomic E-state index is 12.2. The van der Waals surface area contributed by atoms with Crippen molar-refractivity contribution in [1.82, 2.24) is 9.47 Å². The van der Waals surface area contributed by atoms with Crippen LogP contribution in [0.5, 0.6) is 0 Å². The van der Waals surface area contributed by atoms with Crippen molar-refractivity contribution in [3.63, 3.8) is 0 Å². The zero-order valence-electron chi connectivity index (χ0n) is 17.4. The molecule has 0 spiro atoms. The van der Waals surface area contributed by atoms with Crippen LogP contribution in [0.4, 0.5) is 5.69 Å². The van der Waals surface area contributed by atoms with E-state index in [1.165, 1.54) is 6.92 Å². The molecule has 0 atom stereocenters. The maximum Gasteiger partial charge on any atom is 0.419 e. The lowest BCUT2D eigenvalue weighted by Crippen LogP contribution is -2.46. The Morgan fingerprint density at radius 3 is 2.52 bits per heavy atom. The molecule has 0 saturated carbocycles. The van der Waals surface area contributed by atoms with Crippen LogP contribution in [-0.4, -0.2) is 48.0 Å². The van der Waals surface area contributed by atoms with E-state index in [4.69, 9.17) is 27.6 Å². The van der Waals surface area contributed by atoms with E-state index in [0.717, 1.165) is 56.8 Å². The lowest BCUT2D eigenvalue weighted by Gasteiger charge is -2.36. The standard InChI is InChI=1S/C23H25Cl2N3O3/c1-16(29)17-7-8-19-21(15-17)31-23(30)28(19)10-3-2-9-26-11-13-27(14-12-26)20-6-4-5-18(24)22(20)25/h4-8,15H,2-3,9-14H2,1H3. The Morgan fingerprint density at radius 1 is 1.03 bits per heavy atom. The van der Waals surface area contributed by atoms with Gasteiger partial charge in [0.25, 0.3) is 0 Å². The molecule has 0 amide bonds. The zero-order valence-corrected chi connectivity index (χ0v) is 19.0. The van der Waals surface area contributed by atoms with Gasteiger partial charge in [0, 0.05) is 38.3 Å². The number of carbonyl (C=O) groups excluding carboxylic acids is 1. The van der Waals surface area contributed by atoms with E-state index in [1.54, 1.807) is 28.8 Å². The van der Waals surface area contributed by atoms with Gasteiger partial charge in [0.15, 0.2) is 11.4 Å². The first-order chi connectivity index (χ1) is 14.9. The number of carbonyl (C=O) groups is 1. The van der Waals surface area contributed by atoms with Gasteiger partial charge >= 0.3 is 5.76 Å². The van der Waals surface area contributed by atoms with Crippen molar-refractivity contribution in [1.29, 1.82) is 0 Å². The quantitative estimate of drug-likeness (QED) is 0.376. The Morgan fingerprint density at radius 2 is 1.77 bits per heavy atom. The molecule has 8 heteroatoms. The molecule has 164 valence electrons. The summed E-state index contributed by atoms with van der Waals surface area (Å²) in [6.45, 7) is 6.82. The van der Waals surface area contributed by atoms with Gasteiger partial charge in [-0.15, -0.1) is 0 Å². The van der Waals surface area contributed by atoms with Gasteiger partial charge in [0.05, 0.1) is 21.2 Å². The van der Waals surface area contributed by atoms with Crippen molar-refractivity contribution >= 4 is 45.8 Å². The Balaban J connectivity index is 1.27. The number of nitrogens with zero attached hydrogens (tertiary/aromatic N) is 3. The summed E-state index contributed by atoms with van der Waals surface area (Å²) < 4.78 is 6.98. The molecular weight excluding hydrogens is 437 g/mol. The highest BCUT2D eigenvalue weighted by molar-refractivity contribution is 6.43. The summed E-state index contributed by atoms with van der Waals surface area (Å²) in [6.07, 6.45) is 1.87. The second-order valence-electron chi connectivity index (χ2n) is 7.87. The van der Waals surface area contributed by atoms with Crippen molar-refractivity contribution in [3.8, 4) is 0 Å². The summed E-state index contributed by atoms with van der Waals surface area (Å²) in [7, 11) is 0. The van der Waals surface area contributed by atoms with Crippen molar-refractivity contribution < 1.29 is 9.21 Å². The van der Waals surface area contributed by atoms with Crippen LogP contribution in [0.2, 0.25) is 10.0 Å². The lowest BCUT2D eigenvalue weighted by atomic mass is 10.1. The summed E-state index contributed by atoms with van der Waals surface area (Å²) in [6, 6.07) is 10.9. The lowest BCUT2D eigenvalue weighted by molar-refractivity contribution is 0.101. The molecule has 1 saturated heterocycles. The SMILES string of the molecule is CC(=O)c1ccc2c(c1)oc(=O)n2CCCCN1CCN(c2cccc(Cl)c2Cl)CC1. The first kappa shape index (κ1) is 21.9. The van der Waals surface area contributed by atoms with Crippen LogP contribution in [-0.2, 0) is 6.54 Å². The molecule has 2 heterocycles. The van der Waals surface area contributed by atoms with Crippen LogP contribution in [0, 0.1) is 0 Å². The third-order valence-corrected chi connectivity index (χ3v) is 6.63. The number of halogens is 2. The number of aromatic nitrogens is 1. The van der Waals surface area contributed by atoms with E-state index in [-0.39, 0.29) is 11.5 Å². The summed E-state index contributed by atoms with van der Waals surface area (Å²) >= 11 is 12.5. The largest absolute Gasteiger partial charge is 0.419 e. The average molecular weight is 462 g/mol. The molecule has 0 aliphatic carbocycles. The van der Waals surface area contributed by atoms with E-state index in [9.17, 15) is 9.59 Å². The number of ketones is 1. The number of aryl methyl sites for hydroxylation is 1. The minimum absolute atomic E-state index is 0.0463. The zero-order chi connectivity index (χ0) is 22.0. The van der Waals surface area contributed by atoms with Crippen LogP contribution in [0.25, 0.3) is 11.1 Å². The van der Waals surface area contributed by atoms with Crippen LogP contribution < -0.4 is 10.7 Å². The molecule has 1 aliphatic rings. The van der Waals surface area contributed by atoms with Gasteiger partial charge in [0.2, 0.25) is 0 Å². The predicted molar refractivity (Wildman–Crippen MR) is 125 cm³/mol. The predicted octanol–water partition coefficient (Wildman–Crippen LogP) is 4.71. The Kier molecular flexibility index (Phi) is 6.70. The highest BCUT2D eigenvalue weighted by Gasteiger charge is 2.19. The second kappa shape index (κ2) is 9.47. The van der Waals surface area contributed by atoms with E-state index in [1.807, 2.05) is 12.1 Å². The molecule has 1 fully saturated rings. The van der Waals surface area contributed by atoms with Gasteiger partial charge in [-0.3, -0.25) is 14.3 Å².